The number of amides is 2. The normalized spacial score (nSPS) is 22.7. The molecule has 31 heavy (non-hydrogen) atoms. The third-order valence-corrected chi connectivity index (χ3v) is 5.68. The number of carbonyl (C=O) groups excluding carboxylic acids is 1. The first kappa shape index (κ1) is 23.1. The summed E-state index contributed by atoms with van der Waals surface area (Å²) in [5.41, 5.74) is -0.116. The van der Waals surface area contributed by atoms with Crippen LogP contribution in [0.25, 0.3) is 0 Å². The maximum Gasteiger partial charge on any atom is 0.490 e. The van der Waals surface area contributed by atoms with Gasteiger partial charge < -0.3 is 24.4 Å². The molecule has 4 heterocycles. The van der Waals surface area contributed by atoms with Crippen molar-refractivity contribution in [3.05, 3.63) is 24.5 Å². The van der Waals surface area contributed by atoms with Crippen molar-refractivity contribution >= 4 is 12.0 Å². The Morgan fingerprint density at radius 1 is 1.16 bits per heavy atom. The van der Waals surface area contributed by atoms with Crippen molar-refractivity contribution in [1.29, 1.82) is 0 Å². The zero-order chi connectivity index (χ0) is 22.5. The molecular formula is C20H26F3N3O5. The van der Waals surface area contributed by atoms with E-state index in [1.165, 1.54) is 0 Å². The molecule has 3 fully saturated rings. The fourth-order valence-corrected chi connectivity index (χ4v) is 4.05. The highest BCUT2D eigenvalue weighted by Crippen LogP contribution is 2.37. The molecule has 1 spiro atoms. The molecule has 3 saturated heterocycles. The number of carbonyl (C=O) groups is 2. The highest BCUT2D eigenvalue weighted by Gasteiger charge is 2.45. The van der Waals surface area contributed by atoms with E-state index >= 15 is 0 Å². The fourth-order valence-electron chi connectivity index (χ4n) is 4.05. The van der Waals surface area contributed by atoms with Gasteiger partial charge in [0.1, 0.15) is 11.9 Å². The van der Waals surface area contributed by atoms with Gasteiger partial charge in [-0.1, -0.05) is 0 Å². The van der Waals surface area contributed by atoms with E-state index in [9.17, 15) is 18.0 Å². The monoisotopic (exact) mass is 445 g/mol. The van der Waals surface area contributed by atoms with E-state index in [0.717, 1.165) is 64.0 Å². The maximum absolute atomic E-state index is 12.5. The first-order valence-corrected chi connectivity index (χ1v) is 10.2. The van der Waals surface area contributed by atoms with E-state index in [-0.39, 0.29) is 17.7 Å². The number of urea groups is 1. The first-order valence-electron chi connectivity index (χ1n) is 10.2. The minimum Gasteiger partial charge on any atom is -0.486 e. The zero-order valence-electron chi connectivity index (χ0n) is 17.0. The number of rotatable bonds is 2. The molecule has 0 saturated carbocycles. The van der Waals surface area contributed by atoms with Gasteiger partial charge in [0, 0.05) is 38.8 Å². The molecule has 0 aliphatic carbocycles. The number of aliphatic carboxylic acids is 1. The number of ether oxygens (including phenoxy) is 2. The van der Waals surface area contributed by atoms with Crippen LogP contribution in [0.4, 0.5) is 18.0 Å². The average molecular weight is 445 g/mol. The van der Waals surface area contributed by atoms with Gasteiger partial charge in [-0.05, 0) is 37.8 Å². The smallest absolute Gasteiger partial charge is 0.486 e. The van der Waals surface area contributed by atoms with Crippen molar-refractivity contribution in [2.24, 2.45) is 0 Å². The van der Waals surface area contributed by atoms with Crippen molar-refractivity contribution in [2.75, 3.05) is 32.8 Å². The van der Waals surface area contributed by atoms with E-state index in [1.807, 2.05) is 21.9 Å². The number of nitrogens with zero attached hydrogens (tertiary/aromatic N) is 3. The second kappa shape index (κ2) is 9.71. The molecule has 3 aliphatic rings. The summed E-state index contributed by atoms with van der Waals surface area (Å²) in [5.74, 6) is -1.96. The SMILES string of the molecule is O=C(N1CCCC1)N1CCC2(CC1)CC(Oc1cccnc1)CO2.O=C(O)C(F)(F)F. The van der Waals surface area contributed by atoms with Gasteiger partial charge in [-0.25, -0.2) is 9.59 Å². The Bertz CT molecular complexity index is 748. The van der Waals surface area contributed by atoms with E-state index in [2.05, 4.69) is 4.98 Å². The number of carboxylic acids is 1. The van der Waals surface area contributed by atoms with Crippen molar-refractivity contribution < 1.29 is 37.3 Å². The maximum atomic E-state index is 12.5. The lowest BCUT2D eigenvalue weighted by Gasteiger charge is -2.39. The predicted molar refractivity (Wildman–Crippen MR) is 103 cm³/mol. The van der Waals surface area contributed by atoms with Crippen LogP contribution in [0.3, 0.4) is 0 Å². The Hall–Kier alpha value is -2.56. The number of halogens is 3. The van der Waals surface area contributed by atoms with Crippen LogP contribution in [0.5, 0.6) is 5.75 Å². The molecule has 3 aliphatic heterocycles. The Morgan fingerprint density at radius 2 is 1.77 bits per heavy atom. The molecule has 0 aromatic carbocycles. The van der Waals surface area contributed by atoms with E-state index in [0.29, 0.717) is 6.61 Å². The van der Waals surface area contributed by atoms with Gasteiger partial charge in [0.05, 0.1) is 18.4 Å². The van der Waals surface area contributed by atoms with Gasteiger partial charge in [-0.2, -0.15) is 13.2 Å². The molecule has 4 rings (SSSR count). The molecular weight excluding hydrogens is 419 g/mol. The second-order valence-corrected chi connectivity index (χ2v) is 7.89. The van der Waals surface area contributed by atoms with Crippen LogP contribution >= 0.6 is 0 Å². The van der Waals surface area contributed by atoms with Crippen molar-refractivity contribution in [1.82, 2.24) is 14.8 Å². The van der Waals surface area contributed by atoms with Crippen LogP contribution in [0.15, 0.2) is 24.5 Å². The summed E-state index contributed by atoms with van der Waals surface area (Å²) in [5, 5.41) is 7.12. The molecule has 172 valence electrons. The van der Waals surface area contributed by atoms with E-state index in [4.69, 9.17) is 19.4 Å². The Balaban J connectivity index is 0.000000339. The largest absolute Gasteiger partial charge is 0.490 e. The lowest BCUT2D eigenvalue weighted by molar-refractivity contribution is -0.192. The summed E-state index contributed by atoms with van der Waals surface area (Å²) in [6.07, 6.45) is 3.46. The highest BCUT2D eigenvalue weighted by molar-refractivity contribution is 5.75. The van der Waals surface area contributed by atoms with Crippen LogP contribution in [-0.4, -0.2) is 82.6 Å². The molecule has 1 unspecified atom stereocenters. The number of pyridine rings is 1. The third kappa shape index (κ3) is 6.22. The van der Waals surface area contributed by atoms with Crippen LogP contribution in [0.2, 0.25) is 0 Å². The highest BCUT2D eigenvalue weighted by atomic mass is 19.4. The van der Waals surface area contributed by atoms with Gasteiger partial charge >= 0.3 is 18.2 Å². The number of likely N-dealkylation sites (tertiary alicyclic amines) is 2. The van der Waals surface area contributed by atoms with Gasteiger partial charge in [0.15, 0.2) is 0 Å². The topological polar surface area (TPSA) is 92.2 Å². The molecule has 1 atom stereocenters. The molecule has 0 bridgehead atoms. The van der Waals surface area contributed by atoms with Crippen molar-refractivity contribution in [3.63, 3.8) is 0 Å². The van der Waals surface area contributed by atoms with Crippen LogP contribution in [0.1, 0.15) is 32.1 Å². The predicted octanol–water partition coefficient (Wildman–Crippen LogP) is 2.93. The fraction of sp³-hybridized carbons (Fsp3) is 0.650. The third-order valence-electron chi connectivity index (χ3n) is 5.68. The number of hydrogen-bond donors (Lipinski definition) is 1. The Morgan fingerprint density at radius 3 is 2.32 bits per heavy atom. The van der Waals surface area contributed by atoms with Gasteiger partial charge in [0.2, 0.25) is 0 Å². The summed E-state index contributed by atoms with van der Waals surface area (Å²) in [7, 11) is 0. The molecule has 1 N–H and O–H groups in total. The first-order chi connectivity index (χ1) is 14.7. The molecule has 11 heteroatoms. The van der Waals surface area contributed by atoms with Crippen LogP contribution < -0.4 is 4.74 Å². The number of alkyl halides is 3. The van der Waals surface area contributed by atoms with Crippen LogP contribution in [-0.2, 0) is 9.53 Å². The zero-order valence-corrected chi connectivity index (χ0v) is 17.0. The molecule has 1 aromatic rings. The number of aromatic nitrogens is 1. The standard InChI is InChI=1S/C18H25N3O3.C2HF3O2/c22-17(20-8-1-2-9-20)21-10-5-18(6-11-21)12-16(14-23-18)24-15-4-3-7-19-13-15;3-2(4,5)1(6)7/h3-4,7,13,16H,1-2,5-6,8-12,14H2;(H,6,7). The summed E-state index contributed by atoms with van der Waals surface area (Å²) in [6.45, 7) is 4.02. The van der Waals surface area contributed by atoms with Gasteiger partial charge in [0.25, 0.3) is 0 Å². The molecule has 8 nitrogen and oxygen atoms in total. The Kier molecular flexibility index (Phi) is 7.24. The lowest BCUT2D eigenvalue weighted by Crippen LogP contribution is -2.50. The number of hydrogen-bond acceptors (Lipinski definition) is 5. The van der Waals surface area contributed by atoms with Crippen molar-refractivity contribution in [2.45, 2.75) is 50.0 Å². The van der Waals surface area contributed by atoms with Crippen molar-refractivity contribution in [3.8, 4) is 5.75 Å². The van der Waals surface area contributed by atoms with Gasteiger partial charge in [-0.15, -0.1) is 0 Å². The minimum atomic E-state index is -5.08. The quantitative estimate of drug-likeness (QED) is 0.753. The Labute approximate surface area is 177 Å². The number of carboxylic acid groups (broad SMARTS) is 1. The van der Waals surface area contributed by atoms with Gasteiger partial charge in [-0.3, -0.25) is 4.98 Å². The van der Waals surface area contributed by atoms with E-state index in [1.54, 1.807) is 12.4 Å². The summed E-state index contributed by atoms with van der Waals surface area (Å²) in [4.78, 5) is 29.5. The minimum absolute atomic E-state index is 0.0787. The lowest BCUT2D eigenvalue weighted by atomic mass is 9.88. The van der Waals surface area contributed by atoms with Crippen LogP contribution in [0, 0.1) is 0 Å². The molecule has 0 radical (unpaired) electrons. The second-order valence-electron chi connectivity index (χ2n) is 7.89. The molecule has 1 aromatic heterocycles. The summed E-state index contributed by atoms with van der Waals surface area (Å²) < 4.78 is 43.8. The van der Waals surface area contributed by atoms with E-state index < -0.39 is 12.1 Å². The average Bonchev–Trinajstić information content (AvgIpc) is 3.40. The summed E-state index contributed by atoms with van der Waals surface area (Å²) in [6, 6.07) is 4.02. The summed E-state index contributed by atoms with van der Waals surface area (Å²) >= 11 is 0. The molecule has 2 amide bonds. The number of piperidine rings is 1.